The first-order valence-electron chi connectivity index (χ1n) is 9.19. The van der Waals surface area contributed by atoms with Gasteiger partial charge in [-0.2, -0.15) is 0 Å². The fraction of sp³-hybridized carbons (Fsp3) is 0.167. The predicted octanol–water partition coefficient (Wildman–Crippen LogP) is 7.59. The van der Waals surface area contributed by atoms with Crippen molar-refractivity contribution in [2.45, 2.75) is 12.8 Å². The molecular weight excluding hydrogens is 462 g/mol. The Morgan fingerprint density at radius 2 is 1.22 bits per heavy atom. The fourth-order valence-electron chi connectivity index (χ4n) is 3.75. The van der Waals surface area contributed by atoms with E-state index in [4.69, 9.17) is 0 Å². The Morgan fingerprint density at radius 1 is 0.704 bits per heavy atom. The number of rotatable bonds is 5. The van der Waals surface area contributed by atoms with Gasteiger partial charge in [-0.3, -0.25) is 0 Å². The summed E-state index contributed by atoms with van der Waals surface area (Å²) in [5.41, 5.74) is 2.71. The second kappa shape index (κ2) is 8.04. The van der Waals surface area contributed by atoms with Crippen LogP contribution in [0.25, 0.3) is 21.5 Å². The summed E-state index contributed by atoms with van der Waals surface area (Å²) in [7, 11) is 2.17. The van der Waals surface area contributed by atoms with E-state index in [9.17, 15) is 0 Å². The minimum Gasteiger partial charge on any atom is -0.375 e. The van der Waals surface area contributed by atoms with Gasteiger partial charge < -0.3 is 4.90 Å². The van der Waals surface area contributed by atoms with Crippen molar-refractivity contribution in [1.82, 2.24) is 0 Å². The summed E-state index contributed by atoms with van der Waals surface area (Å²) in [5, 5.41) is 5.31. The van der Waals surface area contributed by atoms with Crippen LogP contribution in [0.1, 0.15) is 12.0 Å². The van der Waals surface area contributed by atoms with Gasteiger partial charge in [-0.15, -0.1) is 0 Å². The normalized spacial score (nSPS) is 11.2. The zero-order valence-corrected chi connectivity index (χ0v) is 18.4. The lowest BCUT2D eigenvalue weighted by atomic mass is 9.94. The molecule has 0 fully saturated rings. The summed E-state index contributed by atoms with van der Waals surface area (Å²) in [6.45, 7) is 1.03. The molecule has 0 N–H and O–H groups in total. The van der Waals surface area contributed by atoms with Gasteiger partial charge in [-0.1, -0.05) is 64.5 Å². The van der Waals surface area contributed by atoms with Crippen molar-refractivity contribution in [1.29, 1.82) is 0 Å². The molecule has 0 aliphatic carbocycles. The van der Waals surface area contributed by atoms with Crippen molar-refractivity contribution in [3.63, 3.8) is 0 Å². The second-order valence-electron chi connectivity index (χ2n) is 6.89. The molecule has 4 aromatic carbocycles. The molecule has 0 aromatic heterocycles. The Hall–Kier alpha value is -1.84. The number of nitrogens with zero attached hydrogens (tertiary/aromatic N) is 1. The average Bonchev–Trinajstić information content (AvgIpc) is 2.71. The van der Waals surface area contributed by atoms with Gasteiger partial charge in [0.1, 0.15) is 0 Å². The predicted molar refractivity (Wildman–Crippen MR) is 125 cm³/mol. The van der Waals surface area contributed by atoms with Gasteiger partial charge in [0, 0.05) is 28.2 Å². The van der Waals surface area contributed by atoms with E-state index in [0.717, 1.165) is 23.9 Å². The molecule has 4 rings (SSSR count). The Kier molecular flexibility index (Phi) is 5.51. The van der Waals surface area contributed by atoms with Gasteiger partial charge in [0.15, 0.2) is 0 Å². The van der Waals surface area contributed by atoms with Crippen LogP contribution >= 0.6 is 31.9 Å². The maximum Gasteiger partial charge on any atom is 0.0364 e. The Balaban J connectivity index is 1.63. The van der Waals surface area contributed by atoms with Gasteiger partial charge >= 0.3 is 0 Å². The molecule has 0 spiro atoms. The molecule has 0 bridgehead atoms. The van der Waals surface area contributed by atoms with Crippen LogP contribution in [0.4, 0.5) is 5.69 Å². The van der Waals surface area contributed by atoms with Gasteiger partial charge in [0.05, 0.1) is 0 Å². The average molecular weight is 483 g/mol. The van der Waals surface area contributed by atoms with Crippen LogP contribution in [0, 0.1) is 0 Å². The van der Waals surface area contributed by atoms with E-state index < -0.39 is 0 Å². The molecule has 4 aromatic rings. The molecule has 0 radical (unpaired) electrons. The molecule has 0 saturated carbocycles. The van der Waals surface area contributed by atoms with Gasteiger partial charge in [0.25, 0.3) is 0 Å². The Labute approximate surface area is 177 Å². The zero-order valence-electron chi connectivity index (χ0n) is 15.3. The van der Waals surface area contributed by atoms with Crippen LogP contribution in [0.3, 0.4) is 0 Å². The summed E-state index contributed by atoms with van der Waals surface area (Å²) < 4.78 is 2.32. The van der Waals surface area contributed by atoms with Crippen LogP contribution in [0.5, 0.6) is 0 Å². The van der Waals surface area contributed by atoms with Crippen LogP contribution in [0.2, 0.25) is 0 Å². The lowest BCUT2D eigenvalue weighted by Gasteiger charge is -2.20. The highest BCUT2D eigenvalue weighted by Crippen LogP contribution is 2.36. The quantitative estimate of drug-likeness (QED) is 0.265. The second-order valence-corrected chi connectivity index (χ2v) is 8.59. The number of anilines is 1. The number of halogens is 2. The molecule has 0 aliphatic rings. The zero-order chi connectivity index (χ0) is 18.8. The minimum absolute atomic E-state index is 1.03. The standard InChI is InChI=1S/C24H21Br2N/c1-27(18-14-12-17(25)13-15-18)16-6-11-19-20-7-2-4-9-22(20)24(26)23-10-5-3-8-21(19)23/h2-5,7-10,12-15H,6,11,16H2,1H3. The van der Waals surface area contributed by atoms with E-state index in [1.165, 1.54) is 37.3 Å². The highest BCUT2D eigenvalue weighted by Gasteiger charge is 2.12. The van der Waals surface area contributed by atoms with Crippen molar-refractivity contribution < 1.29 is 0 Å². The molecule has 3 heteroatoms. The van der Waals surface area contributed by atoms with Crippen LogP contribution in [-0.2, 0) is 6.42 Å². The molecular formula is C24H21Br2N. The van der Waals surface area contributed by atoms with Gasteiger partial charge in [-0.25, -0.2) is 0 Å². The van der Waals surface area contributed by atoms with Crippen molar-refractivity contribution in [2.24, 2.45) is 0 Å². The summed E-state index contributed by atoms with van der Waals surface area (Å²) in [5.74, 6) is 0. The first-order chi connectivity index (χ1) is 13.1. The minimum atomic E-state index is 1.03. The van der Waals surface area contributed by atoms with E-state index in [1.54, 1.807) is 0 Å². The Bertz CT molecular complexity index is 1030. The van der Waals surface area contributed by atoms with Crippen molar-refractivity contribution in [3.8, 4) is 0 Å². The third-order valence-corrected chi connectivity index (χ3v) is 6.55. The number of hydrogen-bond acceptors (Lipinski definition) is 1. The van der Waals surface area contributed by atoms with E-state index in [2.05, 4.69) is 117 Å². The van der Waals surface area contributed by atoms with Gasteiger partial charge in [-0.05, 0) is 80.1 Å². The molecule has 0 amide bonds. The molecule has 27 heavy (non-hydrogen) atoms. The summed E-state index contributed by atoms with van der Waals surface area (Å²) in [6, 6.07) is 26.0. The van der Waals surface area contributed by atoms with Gasteiger partial charge in [0.2, 0.25) is 0 Å². The van der Waals surface area contributed by atoms with Crippen LogP contribution < -0.4 is 4.90 Å². The smallest absolute Gasteiger partial charge is 0.0364 e. The van der Waals surface area contributed by atoms with E-state index in [1.807, 2.05) is 0 Å². The SMILES string of the molecule is CN(CCCc1c2ccccc2c(Br)c2ccccc12)c1ccc(Br)cc1. The largest absolute Gasteiger partial charge is 0.375 e. The number of aryl methyl sites for hydroxylation is 1. The molecule has 0 aliphatic heterocycles. The van der Waals surface area contributed by atoms with E-state index in [-0.39, 0.29) is 0 Å². The number of hydrogen-bond donors (Lipinski definition) is 0. The summed E-state index contributed by atoms with van der Waals surface area (Å²) in [6.07, 6.45) is 2.18. The van der Waals surface area contributed by atoms with Crippen LogP contribution in [0.15, 0.2) is 81.7 Å². The molecule has 136 valence electrons. The molecule has 0 heterocycles. The Morgan fingerprint density at radius 3 is 1.78 bits per heavy atom. The molecule has 0 atom stereocenters. The first-order valence-corrected chi connectivity index (χ1v) is 10.8. The topological polar surface area (TPSA) is 3.24 Å². The monoisotopic (exact) mass is 481 g/mol. The molecule has 0 unspecified atom stereocenters. The summed E-state index contributed by atoms with van der Waals surface area (Å²) >= 11 is 7.34. The van der Waals surface area contributed by atoms with Crippen molar-refractivity contribution in [3.05, 3.63) is 87.3 Å². The van der Waals surface area contributed by atoms with E-state index >= 15 is 0 Å². The lowest BCUT2D eigenvalue weighted by molar-refractivity contribution is 0.791. The summed E-state index contributed by atoms with van der Waals surface area (Å²) in [4.78, 5) is 2.33. The maximum atomic E-state index is 3.83. The highest BCUT2D eigenvalue weighted by molar-refractivity contribution is 9.11. The highest BCUT2D eigenvalue weighted by atomic mass is 79.9. The number of fused-ring (bicyclic) bond motifs is 2. The number of benzene rings is 4. The van der Waals surface area contributed by atoms with Crippen LogP contribution in [-0.4, -0.2) is 13.6 Å². The van der Waals surface area contributed by atoms with Crippen molar-refractivity contribution in [2.75, 3.05) is 18.5 Å². The third-order valence-electron chi connectivity index (χ3n) is 5.17. The maximum absolute atomic E-state index is 3.83. The molecule has 0 saturated heterocycles. The fourth-order valence-corrected chi connectivity index (χ4v) is 4.71. The van der Waals surface area contributed by atoms with E-state index in [0.29, 0.717) is 0 Å². The first kappa shape index (κ1) is 18.5. The molecule has 1 nitrogen and oxygen atoms in total. The lowest BCUT2D eigenvalue weighted by Crippen LogP contribution is -2.18. The third kappa shape index (κ3) is 3.76. The van der Waals surface area contributed by atoms with Crippen molar-refractivity contribution >= 4 is 59.1 Å².